The molecule has 3 atom stereocenters. The number of hydrogen-bond donors (Lipinski definition) is 6. The quantitative estimate of drug-likeness (QED) is 0.237. The van der Waals surface area contributed by atoms with Crippen molar-refractivity contribution in [2.45, 2.75) is 44.3 Å². The molecule has 1 aromatic rings. The molecule has 0 heterocycles. The largest absolute Gasteiger partial charge is 0.481 e. The van der Waals surface area contributed by atoms with Gasteiger partial charge in [0.25, 0.3) is 0 Å². The van der Waals surface area contributed by atoms with E-state index in [0.29, 0.717) is 0 Å². The predicted octanol–water partition coefficient (Wildman–Crippen LogP) is -1.39. The van der Waals surface area contributed by atoms with E-state index in [4.69, 9.17) is 10.8 Å². The van der Waals surface area contributed by atoms with Crippen LogP contribution < -0.4 is 21.7 Å². The smallest absolute Gasteiger partial charge is 0.326 e. The van der Waals surface area contributed by atoms with Crippen LogP contribution in [0.5, 0.6) is 0 Å². The second kappa shape index (κ2) is 12.2. The third-order valence-corrected chi connectivity index (χ3v) is 4.10. The van der Waals surface area contributed by atoms with Crippen LogP contribution in [-0.2, 0) is 30.4 Å². The van der Waals surface area contributed by atoms with Gasteiger partial charge in [0.05, 0.1) is 12.6 Å². The average molecular weight is 422 g/mol. The molecule has 1 aromatic carbocycles. The summed E-state index contributed by atoms with van der Waals surface area (Å²) in [7, 11) is 0. The zero-order valence-corrected chi connectivity index (χ0v) is 16.5. The van der Waals surface area contributed by atoms with Crippen molar-refractivity contribution in [1.29, 1.82) is 0 Å². The molecule has 11 nitrogen and oxygen atoms in total. The third kappa shape index (κ3) is 9.15. The minimum Gasteiger partial charge on any atom is -0.481 e. The van der Waals surface area contributed by atoms with Crippen molar-refractivity contribution in [3.8, 4) is 0 Å². The standard InChI is InChI=1S/C19H26N4O7/c1-11(22-18(28)13(20)7-8-16(25)26)17(27)21-10-15(24)23-14(19(29)30)9-12-5-3-2-4-6-12/h2-6,11,13-14H,7-10,20H2,1H3,(H,21,27)(H,22,28)(H,23,24)(H,25,26)(H,29,30). The summed E-state index contributed by atoms with van der Waals surface area (Å²) < 4.78 is 0. The van der Waals surface area contributed by atoms with E-state index in [0.717, 1.165) is 5.56 Å². The molecule has 1 rings (SSSR count). The molecule has 0 aliphatic rings. The van der Waals surface area contributed by atoms with Crippen molar-refractivity contribution in [3.63, 3.8) is 0 Å². The number of hydrogen-bond acceptors (Lipinski definition) is 6. The lowest BCUT2D eigenvalue weighted by atomic mass is 10.1. The first-order valence-electron chi connectivity index (χ1n) is 9.21. The first kappa shape index (κ1) is 24.6. The van der Waals surface area contributed by atoms with Crippen molar-refractivity contribution in [2.24, 2.45) is 5.73 Å². The Kier molecular flexibility index (Phi) is 9.97. The number of carbonyl (C=O) groups excluding carboxylic acids is 3. The van der Waals surface area contributed by atoms with E-state index in [9.17, 15) is 29.1 Å². The molecule has 0 spiro atoms. The topological polar surface area (TPSA) is 188 Å². The second-order valence-corrected chi connectivity index (χ2v) is 6.64. The first-order chi connectivity index (χ1) is 14.1. The van der Waals surface area contributed by atoms with Crippen LogP contribution in [0.25, 0.3) is 0 Å². The van der Waals surface area contributed by atoms with Gasteiger partial charge in [0, 0.05) is 12.8 Å². The molecule has 7 N–H and O–H groups in total. The van der Waals surface area contributed by atoms with Gasteiger partial charge >= 0.3 is 11.9 Å². The van der Waals surface area contributed by atoms with E-state index in [2.05, 4.69) is 16.0 Å². The van der Waals surface area contributed by atoms with Crippen LogP contribution in [0.1, 0.15) is 25.3 Å². The molecule has 11 heteroatoms. The maximum absolute atomic E-state index is 12.0. The second-order valence-electron chi connectivity index (χ2n) is 6.64. The van der Waals surface area contributed by atoms with Crippen LogP contribution in [0.2, 0.25) is 0 Å². The molecule has 0 radical (unpaired) electrons. The summed E-state index contributed by atoms with van der Waals surface area (Å²) in [6.07, 6.45) is -0.296. The van der Waals surface area contributed by atoms with Gasteiger partial charge in [0.15, 0.2) is 0 Å². The zero-order valence-electron chi connectivity index (χ0n) is 16.5. The summed E-state index contributed by atoms with van der Waals surface area (Å²) in [5.41, 5.74) is 6.28. The van der Waals surface area contributed by atoms with E-state index in [1.165, 1.54) is 6.92 Å². The van der Waals surface area contributed by atoms with Gasteiger partial charge in [0.1, 0.15) is 12.1 Å². The van der Waals surface area contributed by atoms with Crippen molar-refractivity contribution in [1.82, 2.24) is 16.0 Å². The number of benzene rings is 1. The van der Waals surface area contributed by atoms with Crippen molar-refractivity contribution in [2.75, 3.05) is 6.54 Å². The Hall–Kier alpha value is -3.47. The van der Waals surface area contributed by atoms with Gasteiger partial charge in [-0.1, -0.05) is 30.3 Å². The van der Waals surface area contributed by atoms with Crippen LogP contribution >= 0.6 is 0 Å². The number of carboxylic acids is 2. The van der Waals surface area contributed by atoms with Crippen LogP contribution in [0.3, 0.4) is 0 Å². The highest BCUT2D eigenvalue weighted by Crippen LogP contribution is 2.03. The van der Waals surface area contributed by atoms with E-state index < -0.39 is 54.3 Å². The normalized spacial score (nSPS) is 13.4. The molecule has 0 saturated heterocycles. The van der Waals surface area contributed by atoms with Gasteiger partial charge in [-0.3, -0.25) is 19.2 Å². The number of amides is 3. The van der Waals surface area contributed by atoms with E-state index in [1.807, 2.05) is 0 Å². The minimum absolute atomic E-state index is 0.0799. The Morgan fingerprint density at radius 1 is 1.00 bits per heavy atom. The Morgan fingerprint density at radius 3 is 2.20 bits per heavy atom. The fourth-order valence-corrected chi connectivity index (χ4v) is 2.41. The Bertz CT molecular complexity index is 769. The average Bonchev–Trinajstić information content (AvgIpc) is 2.70. The van der Waals surface area contributed by atoms with Crippen LogP contribution in [0.15, 0.2) is 30.3 Å². The molecule has 164 valence electrons. The number of aliphatic carboxylic acids is 2. The number of carboxylic acid groups (broad SMARTS) is 2. The summed E-state index contributed by atoms with van der Waals surface area (Å²) in [4.78, 5) is 57.7. The first-order valence-corrected chi connectivity index (χ1v) is 9.21. The molecular weight excluding hydrogens is 396 g/mol. The monoisotopic (exact) mass is 422 g/mol. The molecule has 0 fully saturated rings. The number of rotatable bonds is 12. The Labute approximate surface area is 173 Å². The fourth-order valence-electron chi connectivity index (χ4n) is 2.41. The summed E-state index contributed by atoms with van der Waals surface area (Å²) in [5, 5.41) is 24.8. The lowest BCUT2D eigenvalue weighted by molar-refractivity contribution is -0.141. The third-order valence-electron chi connectivity index (χ3n) is 4.10. The highest BCUT2D eigenvalue weighted by molar-refractivity contribution is 5.92. The number of nitrogens with one attached hydrogen (secondary N) is 3. The molecule has 3 amide bonds. The molecule has 0 aliphatic carbocycles. The van der Waals surface area contributed by atoms with Gasteiger partial charge in [-0.2, -0.15) is 0 Å². The molecule has 0 bridgehead atoms. The van der Waals surface area contributed by atoms with Gasteiger partial charge in [-0.15, -0.1) is 0 Å². The lowest BCUT2D eigenvalue weighted by Gasteiger charge is -2.18. The Morgan fingerprint density at radius 2 is 1.63 bits per heavy atom. The van der Waals surface area contributed by atoms with E-state index in [1.54, 1.807) is 30.3 Å². The zero-order chi connectivity index (χ0) is 22.7. The number of nitrogens with two attached hydrogens (primary N) is 1. The fraction of sp³-hybridized carbons (Fsp3) is 0.421. The molecule has 0 aromatic heterocycles. The maximum Gasteiger partial charge on any atom is 0.326 e. The summed E-state index contributed by atoms with van der Waals surface area (Å²) >= 11 is 0. The van der Waals surface area contributed by atoms with Crippen molar-refractivity contribution < 1.29 is 34.2 Å². The highest BCUT2D eigenvalue weighted by atomic mass is 16.4. The molecule has 3 unspecified atom stereocenters. The molecule has 0 aliphatic heterocycles. The van der Waals surface area contributed by atoms with Gasteiger partial charge < -0.3 is 31.9 Å². The van der Waals surface area contributed by atoms with Crippen molar-refractivity contribution >= 4 is 29.7 Å². The van der Waals surface area contributed by atoms with Crippen LogP contribution in [0, 0.1) is 0 Å². The summed E-state index contributed by atoms with van der Waals surface area (Å²) in [6.45, 7) is 0.882. The molecular formula is C19H26N4O7. The van der Waals surface area contributed by atoms with Gasteiger partial charge in [0.2, 0.25) is 17.7 Å². The predicted molar refractivity (Wildman–Crippen MR) is 105 cm³/mol. The van der Waals surface area contributed by atoms with E-state index in [-0.39, 0.29) is 19.3 Å². The summed E-state index contributed by atoms with van der Waals surface area (Å²) in [5.74, 6) is -4.39. The van der Waals surface area contributed by atoms with E-state index >= 15 is 0 Å². The van der Waals surface area contributed by atoms with Crippen molar-refractivity contribution in [3.05, 3.63) is 35.9 Å². The lowest BCUT2D eigenvalue weighted by Crippen LogP contribution is -2.52. The Balaban J connectivity index is 2.46. The minimum atomic E-state index is -1.21. The van der Waals surface area contributed by atoms with Gasteiger partial charge in [-0.25, -0.2) is 4.79 Å². The van der Waals surface area contributed by atoms with Crippen LogP contribution in [0.4, 0.5) is 0 Å². The van der Waals surface area contributed by atoms with Gasteiger partial charge in [-0.05, 0) is 18.9 Å². The molecule has 0 saturated carbocycles. The number of carbonyl (C=O) groups is 5. The molecule has 30 heavy (non-hydrogen) atoms. The highest BCUT2D eigenvalue weighted by Gasteiger charge is 2.23. The SMILES string of the molecule is CC(NC(=O)C(N)CCC(=O)O)C(=O)NCC(=O)NC(Cc1ccccc1)C(=O)O. The maximum atomic E-state index is 12.0. The summed E-state index contributed by atoms with van der Waals surface area (Å²) in [6, 6.07) is 5.46. The van der Waals surface area contributed by atoms with Crippen LogP contribution in [-0.4, -0.2) is 64.5 Å².